The molecule has 0 unspecified atom stereocenters. The van der Waals surface area contributed by atoms with Crippen LogP contribution in [0.5, 0.6) is 0 Å². The van der Waals surface area contributed by atoms with Gasteiger partial charge in [-0.1, -0.05) is 91.9 Å². The predicted octanol–water partition coefficient (Wildman–Crippen LogP) is 2.83. The zero-order chi connectivity index (χ0) is 27.8. The van der Waals surface area contributed by atoms with Crippen molar-refractivity contribution in [2.45, 2.75) is 32.4 Å². The van der Waals surface area contributed by atoms with Crippen molar-refractivity contribution in [2.24, 2.45) is 5.92 Å². The van der Waals surface area contributed by atoms with Crippen molar-refractivity contribution < 1.29 is 18.0 Å². The van der Waals surface area contributed by atoms with E-state index in [0.29, 0.717) is 13.0 Å². The summed E-state index contributed by atoms with van der Waals surface area (Å²) in [7, 11) is -3.70. The lowest BCUT2D eigenvalue weighted by molar-refractivity contribution is -0.123. The number of amides is 2. The number of sulfonamides is 1. The van der Waals surface area contributed by atoms with Gasteiger partial charge >= 0.3 is 0 Å². The molecule has 2 atom stereocenters. The fourth-order valence-electron chi connectivity index (χ4n) is 4.16. The molecule has 0 saturated heterocycles. The largest absolute Gasteiger partial charge is 0.346 e. The Labute approximate surface area is 227 Å². The summed E-state index contributed by atoms with van der Waals surface area (Å²) >= 11 is 0. The third kappa shape index (κ3) is 8.30. The van der Waals surface area contributed by atoms with E-state index in [1.165, 1.54) is 4.80 Å². The summed E-state index contributed by atoms with van der Waals surface area (Å²) in [6.45, 7) is 1.98. The van der Waals surface area contributed by atoms with Gasteiger partial charge in [-0.3, -0.25) is 14.3 Å². The average molecular weight is 547 g/mol. The van der Waals surface area contributed by atoms with E-state index >= 15 is 0 Å². The van der Waals surface area contributed by atoms with E-state index in [0.717, 1.165) is 28.5 Å². The highest BCUT2D eigenvalue weighted by Crippen LogP contribution is 2.21. The smallest absolute Gasteiger partial charge is 0.293 e. The van der Waals surface area contributed by atoms with Gasteiger partial charge in [-0.2, -0.15) is 4.80 Å². The first-order chi connectivity index (χ1) is 18.7. The molecule has 0 saturated carbocycles. The van der Waals surface area contributed by atoms with Crippen LogP contribution in [0.4, 0.5) is 0 Å². The van der Waals surface area contributed by atoms with Crippen molar-refractivity contribution in [3.05, 3.63) is 102 Å². The van der Waals surface area contributed by atoms with E-state index in [1.807, 2.05) is 89.7 Å². The Hall–Kier alpha value is -4.38. The zero-order valence-corrected chi connectivity index (χ0v) is 22.5. The molecule has 0 aliphatic rings. The quantitative estimate of drug-likeness (QED) is 0.295. The summed E-state index contributed by atoms with van der Waals surface area (Å²) < 4.78 is 25.1. The molecular weight excluding hydrogens is 516 g/mol. The number of aromatic nitrogens is 4. The average Bonchev–Trinajstić information content (AvgIpc) is 3.38. The molecule has 1 heterocycles. The van der Waals surface area contributed by atoms with Crippen molar-refractivity contribution in [1.82, 2.24) is 30.2 Å². The molecule has 1 aromatic heterocycles. The van der Waals surface area contributed by atoms with Crippen LogP contribution >= 0.6 is 0 Å². The Morgan fingerprint density at radius 3 is 2.13 bits per heavy atom. The summed E-state index contributed by atoms with van der Waals surface area (Å²) in [6, 6.07) is 27.0. The standard InChI is InChI=1S/C28H30N6O4S/c1-20(27(35)32-39(2,37)38)17-25(18-21-13-15-24(16-14-21)23-11-7-4-8-12-23)29-28(36)26-30-33-34(31-26)19-22-9-5-3-6-10-22/h3-16,20,25H,17-19H2,1-2H3,(H,29,36)(H,32,35)/t20-,25+/m1/s1. The highest BCUT2D eigenvalue weighted by molar-refractivity contribution is 7.89. The monoisotopic (exact) mass is 546 g/mol. The van der Waals surface area contributed by atoms with Crippen LogP contribution in [0.15, 0.2) is 84.9 Å². The third-order valence-corrected chi connectivity index (χ3v) is 6.64. The number of nitrogens with zero attached hydrogens (tertiary/aromatic N) is 4. The van der Waals surface area contributed by atoms with Crippen LogP contribution in [-0.4, -0.2) is 52.7 Å². The number of hydrogen-bond acceptors (Lipinski definition) is 7. The minimum absolute atomic E-state index is 0.0939. The lowest BCUT2D eigenvalue weighted by Crippen LogP contribution is -2.41. The highest BCUT2D eigenvalue weighted by atomic mass is 32.2. The minimum atomic E-state index is -3.70. The SMILES string of the molecule is C[C@H](C[C@@H](Cc1ccc(-c2ccccc2)cc1)NC(=O)c1nnn(Cc2ccccc2)n1)C(=O)NS(C)(=O)=O. The van der Waals surface area contributed by atoms with Crippen LogP contribution in [0.1, 0.15) is 35.1 Å². The number of benzene rings is 3. The van der Waals surface area contributed by atoms with Crippen molar-refractivity contribution in [1.29, 1.82) is 0 Å². The molecule has 3 aromatic carbocycles. The molecule has 2 N–H and O–H groups in total. The molecule has 2 amide bonds. The van der Waals surface area contributed by atoms with E-state index in [1.54, 1.807) is 6.92 Å². The Morgan fingerprint density at radius 1 is 0.872 bits per heavy atom. The molecule has 0 aliphatic carbocycles. The fourth-order valence-corrected chi connectivity index (χ4v) is 4.72. The summed E-state index contributed by atoms with van der Waals surface area (Å²) in [5.74, 6) is -1.95. The first kappa shape index (κ1) is 27.6. The molecule has 0 aliphatic heterocycles. The molecule has 0 bridgehead atoms. The molecule has 0 spiro atoms. The van der Waals surface area contributed by atoms with Crippen LogP contribution in [0.2, 0.25) is 0 Å². The second kappa shape index (κ2) is 12.4. The summed E-state index contributed by atoms with van der Waals surface area (Å²) in [4.78, 5) is 26.8. The van der Waals surface area contributed by atoms with Gasteiger partial charge in [-0.05, 0) is 40.3 Å². The van der Waals surface area contributed by atoms with Crippen LogP contribution in [-0.2, 0) is 27.8 Å². The van der Waals surface area contributed by atoms with Crippen molar-refractivity contribution >= 4 is 21.8 Å². The van der Waals surface area contributed by atoms with Gasteiger partial charge in [0.2, 0.25) is 15.9 Å². The summed E-state index contributed by atoms with van der Waals surface area (Å²) in [5.41, 5.74) is 4.05. The minimum Gasteiger partial charge on any atom is -0.346 e. The first-order valence-electron chi connectivity index (χ1n) is 12.4. The van der Waals surface area contributed by atoms with Crippen LogP contribution < -0.4 is 10.0 Å². The molecule has 11 heteroatoms. The number of nitrogens with one attached hydrogen (secondary N) is 2. The first-order valence-corrected chi connectivity index (χ1v) is 14.3. The topological polar surface area (TPSA) is 136 Å². The fraction of sp³-hybridized carbons (Fsp3) is 0.250. The highest BCUT2D eigenvalue weighted by Gasteiger charge is 2.25. The molecule has 202 valence electrons. The number of carbonyl (C=O) groups is 2. The predicted molar refractivity (Wildman–Crippen MR) is 147 cm³/mol. The Kier molecular flexibility index (Phi) is 8.82. The lowest BCUT2D eigenvalue weighted by atomic mass is 9.94. The summed E-state index contributed by atoms with van der Waals surface area (Å²) in [6.07, 6.45) is 1.54. The molecule has 4 rings (SSSR count). The lowest BCUT2D eigenvalue weighted by Gasteiger charge is -2.21. The molecule has 0 radical (unpaired) electrons. The number of rotatable bonds is 11. The maximum atomic E-state index is 13.0. The zero-order valence-electron chi connectivity index (χ0n) is 21.7. The molecule has 4 aromatic rings. The third-order valence-electron chi connectivity index (χ3n) is 6.07. The molecule has 39 heavy (non-hydrogen) atoms. The maximum absolute atomic E-state index is 13.0. The molecular formula is C28H30N6O4S. The van der Waals surface area contributed by atoms with Crippen molar-refractivity contribution in [3.8, 4) is 11.1 Å². The van der Waals surface area contributed by atoms with Crippen LogP contribution in [0.3, 0.4) is 0 Å². The maximum Gasteiger partial charge on any atom is 0.293 e. The van der Waals surface area contributed by atoms with E-state index in [9.17, 15) is 18.0 Å². The Bertz CT molecular complexity index is 1510. The molecule has 10 nitrogen and oxygen atoms in total. The van der Waals surface area contributed by atoms with Crippen LogP contribution in [0.25, 0.3) is 11.1 Å². The van der Waals surface area contributed by atoms with E-state index in [-0.39, 0.29) is 12.2 Å². The van der Waals surface area contributed by atoms with E-state index < -0.39 is 33.8 Å². The summed E-state index contributed by atoms with van der Waals surface area (Å²) in [5, 5.41) is 15.0. The van der Waals surface area contributed by atoms with Crippen molar-refractivity contribution in [3.63, 3.8) is 0 Å². The number of tetrazole rings is 1. The second-order valence-electron chi connectivity index (χ2n) is 9.44. The van der Waals surface area contributed by atoms with Gasteiger partial charge in [-0.15, -0.1) is 10.2 Å². The molecule has 0 fully saturated rings. The van der Waals surface area contributed by atoms with Gasteiger partial charge in [0, 0.05) is 12.0 Å². The number of hydrogen-bond donors (Lipinski definition) is 2. The Balaban J connectivity index is 1.48. The normalized spacial score (nSPS) is 12.9. The Morgan fingerprint density at radius 2 is 1.49 bits per heavy atom. The van der Waals surface area contributed by atoms with Crippen LogP contribution in [0, 0.1) is 5.92 Å². The van der Waals surface area contributed by atoms with Gasteiger partial charge in [0.1, 0.15) is 0 Å². The van der Waals surface area contributed by atoms with E-state index in [4.69, 9.17) is 0 Å². The van der Waals surface area contributed by atoms with Gasteiger partial charge in [0.05, 0.1) is 12.8 Å². The number of carbonyl (C=O) groups excluding carboxylic acids is 2. The van der Waals surface area contributed by atoms with E-state index in [2.05, 4.69) is 20.7 Å². The second-order valence-corrected chi connectivity index (χ2v) is 11.2. The van der Waals surface area contributed by atoms with Gasteiger partial charge < -0.3 is 5.32 Å². The van der Waals surface area contributed by atoms with Gasteiger partial charge in [0.15, 0.2) is 0 Å². The van der Waals surface area contributed by atoms with Gasteiger partial charge in [-0.25, -0.2) is 8.42 Å². The van der Waals surface area contributed by atoms with Crippen molar-refractivity contribution in [2.75, 3.05) is 6.26 Å². The van der Waals surface area contributed by atoms with Gasteiger partial charge in [0.25, 0.3) is 11.7 Å².